The zero-order valence-corrected chi connectivity index (χ0v) is 17.1. The first-order valence-electron chi connectivity index (χ1n) is 8.92. The molecule has 0 fully saturated rings. The maximum atomic E-state index is 12.8. The summed E-state index contributed by atoms with van der Waals surface area (Å²) in [5, 5.41) is 1.06. The third-order valence-electron chi connectivity index (χ3n) is 4.84. The topological polar surface area (TPSA) is 51.0 Å². The second-order valence-electron chi connectivity index (χ2n) is 7.24. The van der Waals surface area contributed by atoms with Crippen LogP contribution in [0.2, 0.25) is 0 Å². The number of anilines is 2. The Bertz CT molecular complexity index is 1230. The van der Waals surface area contributed by atoms with Crippen LogP contribution in [0.3, 0.4) is 0 Å². The zero-order valence-electron chi connectivity index (χ0n) is 15.0. The molecule has 0 saturated heterocycles. The Balaban J connectivity index is 1.79. The molecule has 0 saturated carbocycles. The molecule has 5 rings (SSSR count). The van der Waals surface area contributed by atoms with Gasteiger partial charge in [-0.25, -0.2) is 9.97 Å². The third kappa shape index (κ3) is 2.46. The van der Waals surface area contributed by atoms with Gasteiger partial charge in [-0.15, -0.1) is 0 Å². The monoisotopic (exact) mass is 468 g/mol. The van der Waals surface area contributed by atoms with Crippen LogP contribution in [0, 0.1) is 9.49 Å². The number of rotatable bonds is 3. The van der Waals surface area contributed by atoms with Gasteiger partial charge < -0.3 is 4.57 Å². The van der Waals surface area contributed by atoms with Crippen molar-refractivity contribution >= 4 is 61.9 Å². The van der Waals surface area contributed by atoms with E-state index in [1.54, 1.807) is 4.90 Å². The summed E-state index contributed by atoms with van der Waals surface area (Å²) in [4.78, 5) is 24.0. The second kappa shape index (κ2) is 6.02. The van der Waals surface area contributed by atoms with Gasteiger partial charge in [0.1, 0.15) is 5.52 Å². The van der Waals surface area contributed by atoms with Crippen molar-refractivity contribution in [2.75, 3.05) is 4.90 Å². The molecule has 0 atom stereocenters. The van der Waals surface area contributed by atoms with Crippen molar-refractivity contribution < 1.29 is 4.79 Å². The average molecular weight is 468 g/mol. The van der Waals surface area contributed by atoms with Crippen molar-refractivity contribution in [1.29, 1.82) is 0 Å². The Morgan fingerprint density at radius 3 is 2.78 bits per heavy atom. The number of pyridine rings is 1. The van der Waals surface area contributed by atoms with Gasteiger partial charge >= 0.3 is 0 Å². The average Bonchev–Trinajstić information content (AvgIpc) is 3.06. The lowest BCUT2D eigenvalue weighted by atomic mass is 10.0. The fraction of sp³-hybridized carbons (Fsp3) is 0.190. The largest absolute Gasteiger partial charge is 0.330 e. The summed E-state index contributed by atoms with van der Waals surface area (Å²) in [5.74, 6) is 1.09. The molecule has 4 aromatic rings. The Kier molecular flexibility index (Phi) is 3.72. The smallest absolute Gasteiger partial charge is 0.266 e. The van der Waals surface area contributed by atoms with Crippen molar-refractivity contribution in [3.05, 3.63) is 57.9 Å². The highest BCUT2D eigenvalue weighted by Gasteiger charge is 2.37. The lowest BCUT2D eigenvalue weighted by Gasteiger charge is -2.33. The van der Waals surface area contributed by atoms with E-state index in [2.05, 4.69) is 52.1 Å². The predicted molar refractivity (Wildman–Crippen MR) is 116 cm³/mol. The molecular formula is C21H17IN4O. The Morgan fingerprint density at radius 1 is 1.15 bits per heavy atom. The molecule has 0 bridgehead atoms. The summed E-state index contributed by atoms with van der Waals surface area (Å²) in [6.07, 6.45) is 1.86. The van der Waals surface area contributed by atoms with Gasteiger partial charge in [-0.1, -0.05) is 32.0 Å². The van der Waals surface area contributed by atoms with E-state index < -0.39 is 0 Å². The number of hydrogen-bond donors (Lipinski definition) is 0. The number of imidazole rings is 1. The number of carbonyl (C=O) groups excluding carboxylic acids is 1. The lowest BCUT2D eigenvalue weighted by molar-refractivity contribution is 0.0980. The first-order valence-corrected chi connectivity index (χ1v) is 10.00. The molecule has 2 aromatic heterocycles. The second-order valence-corrected chi connectivity index (χ2v) is 8.49. The predicted octanol–water partition coefficient (Wildman–Crippen LogP) is 5.14. The lowest BCUT2D eigenvalue weighted by Crippen LogP contribution is -2.37. The normalized spacial score (nSPS) is 13.5. The molecule has 5 nitrogen and oxygen atoms in total. The Morgan fingerprint density at radius 2 is 1.96 bits per heavy atom. The first-order chi connectivity index (χ1) is 13.0. The van der Waals surface area contributed by atoms with E-state index in [0.29, 0.717) is 11.7 Å². The van der Waals surface area contributed by atoms with Gasteiger partial charge in [-0.2, -0.15) is 0 Å². The van der Waals surface area contributed by atoms with Crippen LogP contribution in [0.1, 0.15) is 24.2 Å². The van der Waals surface area contributed by atoms with Crippen LogP contribution in [0.15, 0.2) is 48.8 Å². The van der Waals surface area contributed by atoms with Gasteiger partial charge in [0.05, 0.1) is 28.6 Å². The molecule has 0 radical (unpaired) electrons. The van der Waals surface area contributed by atoms with E-state index in [0.717, 1.165) is 43.3 Å². The van der Waals surface area contributed by atoms with Gasteiger partial charge in [-0.3, -0.25) is 9.69 Å². The quantitative estimate of drug-likeness (QED) is 0.392. The summed E-state index contributed by atoms with van der Waals surface area (Å²) >= 11 is 2.23. The zero-order chi connectivity index (χ0) is 18.7. The molecule has 0 aliphatic carbocycles. The van der Waals surface area contributed by atoms with Crippen molar-refractivity contribution in [2.45, 2.75) is 20.4 Å². The van der Waals surface area contributed by atoms with Crippen molar-refractivity contribution in [2.24, 2.45) is 5.92 Å². The van der Waals surface area contributed by atoms with Crippen LogP contribution in [0.25, 0.3) is 21.9 Å². The minimum atomic E-state index is -0.0222. The van der Waals surface area contributed by atoms with Crippen LogP contribution >= 0.6 is 22.6 Å². The fourth-order valence-corrected chi connectivity index (χ4v) is 4.21. The van der Waals surface area contributed by atoms with Crippen molar-refractivity contribution in [3.63, 3.8) is 0 Å². The molecule has 27 heavy (non-hydrogen) atoms. The van der Waals surface area contributed by atoms with Gasteiger partial charge in [0.15, 0.2) is 5.82 Å². The molecule has 0 N–H and O–H groups in total. The standard InChI is InChI=1S/C21H17IN4O/c1-12(2)10-25-11-23-18-19(25)14-5-3-4-6-16(14)24-20(18)26-17-8-7-13(22)9-15(17)21(26)27/h3-9,11-12H,10H2,1-2H3. The summed E-state index contributed by atoms with van der Waals surface area (Å²) in [6, 6.07) is 14.0. The molecule has 1 aliphatic heterocycles. The van der Waals surface area contributed by atoms with Crippen molar-refractivity contribution in [1.82, 2.24) is 14.5 Å². The molecule has 0 unspecified atom stereocenters. The van der Waals surface area contributed by atoms with Crippen LogP contribution in [0.5, 0.6) is 0 Å². The Labute approximate surface area is 170 Å². The van der Waals surface area contributed by atoms with E-state index in [9.17, 15) is 4.79 Å². The highest BCUT2D eigenvalue weighted by Crippen LogP contribution is 2.42. The fourth-order valence-electron chi connectivity index (χ4n) is 3.72. The molecule has 6 heteroatoms. The number of carbonyl (C=O) groups is 1. The minimum absolute atomic E-state index is 0.0222. The number of fused-ring (bicyclic) bond motifs is 4. The number of benzene rings is 2. The highest BCUT2D eigenvalue weighted by molar-refractivity contribution is 14.1. The molecule has 1 amide bonds. The number of aromatic nitrogens is 3. The summed E-state index contributed by atoms with van der Waals surface area (Å²) in [6.45, 7) is 5.24. The minimum Gasteiger partial charge on any atom is -0.330 e. The number of nitrogens with zero attached hydrogens (tertiary/aromatic N) is 4. The Hall–Kier alpha value is -2.48. The molecule has 0 spiro atoms. The number of hydrogen-bond acceptors (Lipinski definition) is 3. The SMILES string of the molecule is CC(C)Cn1cnc2c(N3C(=O)c4cc(I)ccc43)nc3ccccc3c21. The van der Waals surface area contributed by atoms with Crippen LogP contribution < -0.4 is 4.90 Å². The molecular weight excluding hydrogens is 451 g/mol. The van der Waals surface area contributed by atoms with Gasteiger partial charge in [0, 0.05) is 15.5 Å². The number of amides is 1. The maximum Gasteiger partial charge on any atom is 0.266 e. The van der Waals surface area contributed by atoms with Gasteiger partial charge in [0.2, 0.25) is 0 Å². The highest BCUT2D eigenvalue weighted by atomic mass is 127. The maximum absolute atomic E-state index is 12.8. The van der Waals surface area contributed by atoms with E-state index in [4.69, 9.17) is 4.98 Å². The first kappa shape index (κ1) is 16.7. The summed E-state index contributed by atoms with van der Waals surface area (Å²) < 4.78 is 3.23. The number of para-hydroxylation sites is 1. The van der Waals surface area contributed by atoms with Gasteiger partial charge in [-0.05, 0) is 52.8 Å². The number of halogens is 1. The van der Waals surface area contributed by atoms with E-state index >= 15 is 0 Å². The van der Waals surface area contributed by atoms with E-state index in [1.165, 1.54) is 0 Å². The van der Waals surface area contributed by atoms with Crippen LogP contribution in [-0.2, 0) is 6.54 Å². The molecule has 134 valence electrons. The van der Waals surface area contributed by atoms with Crippen LogP contribution in [0.4, 0.5) is 11.5 Å². The van der Waals surface area contributed by atoms with E-state index in [-0.39, 0.29) is 5.91 Å². The van der Waals surface area contributed by atoms with E-state index in [1.807, 2.05) is 42.7 Å². The third-order valence-corrected chi connectivity index (χ3v) is 5.51. The molecule has 1 aliphatic rings. The summed E-state index contributed by atoms with van der Waals surface area (Å²) in [7, 11) is 0. The van der Waals surface area contributed by atoms with Crippen LogP contribution in [-0.4, -0.2) is 20.4 Å². The van der Waals surface area contributed by atoms with Gasteiger partial charge in [0.25, 0.3) is 5.91 Å². The summed E-state index contributed by atoms with van der Waals surface area (Å²) in [5.41, 5.74) is 4.31. The molecule has 2 aromatic carbocycles. The van der Waals surface area contributed by atoms with Crippen molar-refractivity contribution in [3.8, 4) is 0 Å². The molecule has 3 heterocycles.